The van der Waals surface area contributed by atoms with E-state index in [2.05, 4.69) is 25.9 Å². The molecule has 2 aromatic rings. The Labute approximate surface area is 124 Å². The lowest BCUT2D eigenvalue weighted by Crippen LogP contribution is -2.21. The van der Waals surface area contributed by atoms with Gasteiger partial charge in [0.05, 0.1) is 4.47 Å². The van der Waals surface area contributed by atoms with Gasteiger partial charge in [-0.3, -0.25) is 0 Å². The van der Waals surface area contributed by atoms with Gasteiger partial charge in [-0.05, 0) is 46.5 Å². The van der Waals surface area contributed by atoms with Crippen molar-refractivity contribution in [2.75, 3.05) is 0 Å². The summed E-state index contributed by atoms with van der Waals surface area (Å²) in [6.45, 7) is 2.01. The highest BCUT2D eigenvalue weighted by Gasteiger charge is 2.14. The van der Waals surface area contributed by atoms with Crippen molar-refractivity contribution in [2.45, 2.75) is 25.8 Å². The summed E-state index contributed by atoms with van der Waals surface area (Å²) >= 11 is 3.02. The van der Waals surface area contributed by atoms with Crippen molar-refractivity contribution in [3.63, 3.8) is 0 Å². The van der Waals surface area contributed by atoms with E-state index in [9.17, 15) is 8.78 Å². The van der Waals surface area contributed by atoms with Crippen LogP contribution in [0.5, 0.6) is 0 Å². The molecule has 106 valence electrons. The Kier molecular flexibility index (Phi) is 4.77. The standard InChI is InChI=1S/C14H14BrF2N3/c1-2-9(18)5-8-6-19-14(20-7-8)10-3-4-11(16)13(17)12(10)15/h3-4,6-7,9H,2,5,18H2,1H3. The summed E-state index contributed by atoms with van der Waals surface area (Å²) in [5.41, 5.74) is 7.19. The van der Waals surface area contributed by atoms with Gasteiger partial charge in [0.25, 0.3) is 0 Å². The fourth-order valence-corrected chi connectivity index (χ4v) is 2.24. The summed E-state index contributed by atoms with van der Waals surface area (Å²) in [7, 11) is 0. The van der Waals surface area contributed by atoms with Crippen LogP contribution in [0.15, 0.2) is 29.0 Å². The van der Waals surface area contributed by atoms with Gasteiger partial charge in [0.1, 0.15) is 0 Å². The first-order valence-electron chi connectivity index (χ1n) is 6.23. The fourth-order valence-electron chi connectivity index (χ4n) is 1.74. The van der Waals surface area contributed by atoms with E-state index in [0.29, 0.717) is 17.8 Å². The highest BCUT2D eigenvalue weighted by atomic mass is 79.9. The van der Waals surface area contributed by atoms with E-state index in [1.165, 1.54) is 6.07 Å². The molecule has 2 rings (SSSR count). The molecule has 0 aliphatic rings. The number of hydrogen-bond donors (Lipinski definition) is 1. The molecule has 1 unspecified atom stereocenters. The second-order valence-corrected chi connectivity index (χ2v) is 5.30. The monoisotopic (exact) mass is 341 g/mol. The summed E-state index contributed by atoms with van der Waals surface area (Å²) in [5, 5.41) is 0. The van der Waals surface area contributed by atoms with Crippen molar-refractivity contribution in [2.24, 2.45) is 5.73 Å². The molecule has 6 heteroatoms. The molecule has 0 aliphatic carbocycles. The quantitative estimate of drug-likeness (QED) is 0.866. The third-order valence-electron chi connectivity index (χ3n) is 3.00. The zero-order valence-corrected chi connectivity index (χ0v) is 12.5. The first kappa shape index (κ1) is 15.0. The number of hydrogen-bond acceptors (Lipinski definition) is 3. The van der Waals surface area contributed by atoms with Crippen LogP contribution < -0.4 is 5.73 Å². The lowest BCUT2D eigenvalue weighted by atomic mass is 10.1. The Morgan fingerprint density at radius 3 is 2.50 bits per heavy atom. The van der Waals surface area contributed by atoms with E-state index >= 15 is 0 Å². The van der Waals surface area contributed by atoms with E-state index in [1.807, 2.05) is 6.92 Å². The lowest BCUT2D eigenvalue weighted by Gasteiger charge is -2.09. The maximum Gasteiger partial charge on any atom is 0.173 e. The zero-order chi connectivity index (χ0) is 14.7. The average molecular weight is 342 g/mol. The Hall–Kier alpha value is -1.40. The van der Waals surface area contributed by atoms with Crippen molar-refractivity contribution in [1.29, 1.82) is 0 Å². The second-order valence-electron chi connectivity index (χ2n) is 4.51. The fraction of sp³-hybridized carbons (Fsp3) is 0.286. The van der Waals surface area contributed by atoms with Crippen LogP contribution in [-0.2, 0) is 6.42 Å². The smallest absolute Gasteiger partial charge is 0.173 e. The molecule has 20 heavy (non-hydrogen) atoms. The first-order valence-corrected chi connectivity index (χ1v) is 7.02. The molecule has 0 amide bonds. The van der Waals surface area contributed by atoms with E-state index < -0.39 is 11.6 Å². The maximum atomic E-state index is 13.5. The van der Waals surface area contributed by atoms with Gasteiger partial charge >= 0.3 is 0 Å². The van der Waals surface area contributed by atoms with Crippen LogP contribution in [0.25, 0.3) is 11.4 Å². The minimum atomic E-state index is -0.941. The summed E-state index contributed by atoms with van der Waals surface area (Å²) in [6.07, 6.45) is 4.88. The van der Waals surface area contributed by atoms with Crippen molar-refractivity contribution < 1.29 is 8.78 Å². The minimum absolute atomic E-state index is 0.0236. The zero-order valence-electron chi connectivity index (χ0n) is 10.9. The highest BCUT2D eigenvalue weighted by Crippen LogP contribution is 2.29. The van der Waals surface area contributed by atoms with Crippen molar-refractivity contribution in [1.82, 2.24) is 9.97 Å². The van der Waals surface area contributed by atoms with Crippen LogP contribution >= 0.6 is 15.9 Å². The minimum Gasteiger partial charge on any atom is -0.327 e. The first-order chi connectivity index (χ1) is 9.52. The lowest BCUT2D eigenvalue weighted by molar-refractivity contribution is 0.504. The largest absolute Gasteiger partial charge is 0.327 e. The Morgan fingerprint density at radius 2 is 1.90 bits per heavy atom. The van der Waals surface area contributed by atoms with Crippen molar-refractivity contribution in [3.05, 3.63) is 46.2 Å². The molecule has 0 bridgehead atoms. The summed E-state index contributed by atoms with van der Waals surface area (Å²) in [6, 6.07) is 2.56. The molecule has 0 spiro atoms. The van der Waals surface area contributed by atoms with Crippen molar-refractivity contribution in [3.8, 4) is 11.4 Å². The molecule has 0 aliphatic heterocycles. The average Bonchev–Trinajstić information content (AvgIpc) is 2.46. The third-order valence-corrected chi connectivity index (χ3v) is 3.78. The van der Waals surface area contributed by atoms with Gasteiger partial charge in [0.15, 0.2) is 17.5 Å². The normalized spacial score (nSPS) is 12.4. The number of nitrogens with two attached hydrogens (primary N) is 1. The van der Waals surface area contributed by atoms with Gasteiger partial charge in [-0.2, -0.15) is 0 Å². The molecule has 2 N–H and O–H groups in total. The van der Waals surface area contributed by atoms with Crippen LogP contribution in [0, 0.1) is 11.6 Å². The van der Waals surface area contributed by atoms with Crippen LogP contribution in [0.4, 0.5) is 8.78 Å². The summed E-state index contributed by atoms with van der Waals surface area (Å²) < 4.78 is 26.6. The maximum absolute atomic E-state index is 13.5. The third kappa shape index (κ3) is 3.19. The number of benzene rings is 1. The molecule has 1 atom stereocenters. The molecular formula is C14H14BrF2N3. The van der Waals surface area contributed by atoms with Gasteiger partial charge in [-0.1, -0.05) is 6.92 Å². The molecule has 1 aromatic heterocycles. The second kappa shape index (κ2) is 6.37. The van der Waals surface area contributed by atoms with E-state index in [0.717, 1.165) is 18.1 Å². The summed E-state index contributed by atoms with van der Waals surface area (Å²) in [5.74, 6) is -1.51. The van der Waals surface area contributed by atoms with Crippen LogP contribution in [0.2, 0.25) is 0 Å². The predicted molar refractivity (Wildman–Crippen MR) is 77.1 cm³/mol. The highest BCUT2D eigenvalue weighted by molar-refractivity contribution is 9.10. The molecule has 3 nitrogen and oxygen atoms in total. The molecule has 0 saturated carbocycles. The Morgan fingerprint density at radius 1 is 1.25 bits per heavy atom. The number of nitrogens with zero attached hydrogens (tertiary/aromatic N) is 2. The number of rotatable bonds is 4. The van der Waals surface area contributed by atoms with Gasteiger partial charge < -0.3 is 5.73 Å². The van der Waals surface area contributed by atoms with Crippen LogP contribution in [0.1, 0.15) is 18.9 Å². The van der Waals surface area contributed by atoms with Crippen molar-refractivity contribution >= 4 is 15.9 Å². The molecular weight excluding hydrogens is 328 g/mol. The molecule has 1 heterocycles. The number of halogens is 3. The topological polar surface area (TPSA) is 51.8 Å². The van der Waals surface area contributed by atoms with E-state index in [-0.39, 0.29) is 10.5 Å². The predicted octanol–water partition coefficient (Wildman–Crippen LogP) is 3.46. The van der Waals surface area contributed by atoms with E-state index in [1.54, 1.807) is 12.4 Å². The van der Waals surface area contributed by atoms with Gasteiger partial charge in [-0.25, -0.2) is 18.7 Å². The Balaban J connectivity index is 2.29. The molecule has 1 aromatic carbocycles. The van der Waals surface area contributed by atoms with Crippen LogP contribution in [-0.4, -0.2) is 16.0 Å². The van der Waals surface area contributed by atoms with E-state index in [4.69, 9.17) is 5.73 Å². The molecule has 0 saturated heterocycles. The van der Waals surface area contributed by atoms with Gasteiger partial charge in [0.2, 0.25) is 0 Å². The van der Waals surface area contributed by atoms with Gasteiger partial charge in [-0.15, -0.1) is 0 Å². The van der Waals surface area contributed by atoms with Gasteiger partial charge in [0, 0.05) is 24.0 Å². The SMILES string of the molecule is CCC(N)Cc1cnc(-c2ccc(F)c(F)c2Br)nc1. The molecule has 0 fully saturated rings. The number of aromatic nitrogens is 2. The Bertz CT molecular complexity index is 602. The summed E-state index contributed by atoms with van der Waals surface area (Å²) in [4.78, 5) is 8.36. The molecule has 0 radical (unpaired) electrons. The van der Waals surface area contributed by atoms with Crippen LogP contribution in [0.3, 0.4) is 0 Å².